The topological polar surface area (TPSA) is 184 Å². The van der Waals surface area contributed by atoms with Crippen molar-refractivity contribution in [1.29, 1.82) is 0 Å². The van der Waals surface area contributed by atoms with E-state index in [1.807, 2.05) is 43.5 Å². The summed E-state index contributed by atoms with van der Waals surface area (Å²) in [4.78, 5) is 71.2. The first-order chi connectivity index (χ1) is 25.8. The van der Waals surface area contributed by atoms with Crippen molar-refractivity contribution in [2.45, 2.75) is 110 Å². The van der Waals surface area contributed by atoms with E-state index in [0.717, 1.165) is 59.5 Å². The number of hydrogen-bond acceptors (Lipinski definition) is 7. The van der Waals surface area contributed by atoms with E-state index in [9.17, 15) is 24.0 Å². The van der Waals surface area contributed by atoms with Crippen molar-refractivity contribution in [3.05, 3.63) is 76.2 Å². The smallest absolute Gasteiger partial charge is 0.407 e. The molecule has 2 aromatic carbocycles. The molecule has 0 bridgehead atoms. The van der Waals surface area contributed by atoms with E-state index in [1.54, 1.807) is 32.9 Å². The molecule has 1 saturated carbocycles. The Bertz CT molecular complexity index is 1970. The fourth-order valence-electron chi connectivity index (χ4n) is 7.02. The van der Waals surface area contributed by atoms with Gasteiger partial charge in [-0.1, -0.05) is 56.4 Å². The third kappa shape index (κ3) is 11.8. The second-order valence-electron chi connectivity index (χ2n) is 15.2. The fourth-order valence-corrected chi connectivity index (χ4v) is 7.02. The monoisotopic (exact) mass is 742 g/mol. The number of anilines is 1. The number of aromatic amines is 2. The summed E-state index contributed by atoms with van der Waals surface area (Å²) >= 11 is 0. The molecule has 0 saturated heterocycles. The van der Waals surface area contributed by atoms with Gasteiger partial charge in [0.25, 0.3) is 0 Å². The Labute approximate surface area is 315 Å². The van der Waals surface area contributed by atoms with E-state index in [4.69, 9.17) is 9.47 Å². The Balaban J connectivity index is 1.25. The zero-order valence-electron chi connectivity index (χ0n) is 31.8. The number of unbranched alkanes of at least 4 members (excludes halogenated alkanes) is 1. The number of nitrogens with one attached hydrogen (secondary N) is 6. The van der Waals surface area contributed by atoms with E-state index in [1.165, 1.54) is 6.07 Å². The molecule has 2 aromatic heterocycles. The van der Waals surface area contributed by atoms with Crippen molar-refractivity contribution >= 4 is 51.5 Å². The normalized spacial score (nSPS) is 14.6. The molecule has 5 rings (SSSR count). The summed E-state index contributed by atoms with van der Waals surface area (Å²) in [7, 11) is 0. The van der Waals surface area contributed by atoms with Gasteiger partial charge in [-0.3, -0.25) is 14.4 Å². The highest BCUT2D eigenvalue weighted by molar-refractivity contribution is 5.99. The summed E-state index contributed by atoms with van der Waals surface area (Å²) in [6.45, 7) is 7.65. The van der Waals surface area contributed by atoms with Crippen molar-refractivity contribution in [2.75, 3.05) is 18.5 Å². The standard InChI is InChI=1S/C41H54N6O7/c1-26-22-36(48)45-34-24-29(17-18-30(26)34)44-37(49)33(16-10-11-20-42-39(51)54-41(2,3)4)46-38(50)35(23-27-12-6-5-7-13-27)47-40(52)53-21-19-28-25-43-32-15-9-8-14-31(28)32/h8-9,14-15,17-18,22,24-25,27,33,35,43H,5-7,10-13,16,19-21,23H2,1-4H3,(H,42,51)(H,44,49)(H,45,48)(H,46,50)(H,47,52)/t33-,35-/m0/s1. The number of hydrogen-bond donors (Lipinski definition) is 6. The quantitative estimate of drug-likeness (QED) is 0.0729. The second-order valence-corrected chi connectivity index (χ2v) is 15.2. The predicted octanol–water partition coefficient (Wildman–Crippen LogP) is 6.74. The number of H-pyrrole nitrogens is 2. The van der Waals surface area contributed by atoms with Gasteiger partial charge in [0.1, 0.15) is 17.7 Å². The number of alkyl carbamates (subject to hydrolysis) is 2. The number of pyridine rings is 1. The van der Waals surface area contributed by atoms with Gasteiger partial charge in [-0.15, -0.1) is 0 Å². The van der Waals surface area contributed by atoms with Crippen LogP contribution < -0.4 is 26.8 Å². The average Bonchev–Trinajstić information content (AvgIpc) is 3.53. The second kappa shape index (κ2) is 18.6. The molecule has 2 atom stereocenters. The number of benzene rings is 2. The first-order valence-corrected chi connectivity index (χ1v) is 19.0. The minimum absolute atomic E-state index is 0.129. The largest absolute Gasteiger partial charge is 0.449 e. The molecule has 0 unspecified atom stereocenters. The molecule has 0 spiro atoms. The third-order valence-corrected chi connectivity index (χ3v) is 9.72. The van der Waals surface area contributed by atoms with Crippen LogP contribution in [-0.2, 0) is 25.5 Å². The fraction of sp³-hybridized carbons (Fsp3) is 0.488. The van der Waals surface area contributed by atoms with Gasteiger partial charge in [0, 0.05) is 47.2 Å². The van der Waals surface area contributed by atoms with Gasteiger partial charge in [-0.2, -0.15) is 0 Å². The van der Waals surface area contributed by atoms with Crippen LogP contribution in [0.3, 0.4) is 0 Å². The first-order valence-electron chi connectivity index (χ1n) is 19.0. The van der Waals surface area contributed by atoms with Crippen LogP contribution in [-0.4, -0.2) is 64.8 Å². The lowest BCUT2D eigenvalue weighted by Crippen LogP contribution is -2.53. The third-order valence-electron chi connectivity index (χ3n) is 9.72. The lowest BCUT2D eigenvalue weighted by Gasteiger charge is -2.28. The number of amides is 4. The Morgan fingerprint density at radius 2 is 1.65 bits per heavy atom. The SMILES string of the molecule is Cc1cc(=O)[nH]c2cc(NC(=O)[C@H](CCCCNC(=O)OC(C)(C)C)NC(=O)[C@H](CC3CCCCC3)NC(=O)OCCc3c[nH]c4ccccc34)ccc12. The molecule has 2 heterocycles. The zero-order valence-corrected chi connectivity index (χ0v) is 31.8. The van der Waals surface area contributed by atoms with Crippen molar-refractivity contribution in [3.63, 3.8) is 0 Å². The molecule has 6 N–H and O–H groups in total. The highest BCUT2D eigenvalue weighted by Gasteiger charge is 2.30. The molecule has 1 fully saturated rings. The molecule has 1 aliphatic carbocycles. The number of rotatable bonds is 15. The van der Waals surface area contributed by atoms with Crippen LogP contribution in [0.15, 0.2) is 59.5 Å². The first kappa shape index (κ1) is 39.9. The number of carbonyl (C=O) groups excluding carboxylic acids is 4. The van der Waals surface area contributed by atoms with Crippen LogP contribution >= 0.6 is 0 Å². The van der Waals surface area contributed by atoms with E-state index >= 15 is 0 Å². The molecular weight excluding hydrogens is 688 g/mol. The maximum Gasteiger partial charge on any atom is 0.407 e. The summed E-state index contributed by atoms with van der Waals surface area (Å²) < 4.78 is 10.9. The van der Waals surface area contributed by atoms with Crippen LogP contribution in [0.1, 0.15) is 89.7 Å². The van der Waals surface area contributed by atoms with Crippen molar-refractivity contribution in [3.8, 4) is 0 Å². The Morgan fingerprint density at radius 1 is 0.870 bits per heavy atom. The van der Waals surface area contributed by atoms with E-state index < -0.39 is 41.7 Å². The van der Waals surface area contributed by atoms with Gasteiger partial charge in [0.2, 0.25) is 17.4 Å². The van der Waals surface area contributed by atoms with Crippen molar-refractivity contribution in [1.82, 2.24) is 25.9 Å². The number of ether oxygens (including phenoxy) is 2. The Hall–Kier alpha value is -5.33. The molecule has 4 aromatic rings. The zero-order chi connectivity index (χ0) is 38.7. The van der Waals surface area contributed by atoms with E-state index in [-0.39, 0.29) is 24.5 Å². The van der Waals surface area contributed by atoms with Gasteiger partial charge in [0.05, 0.1) is 12.1 Å². The van der Waals surface area contributed by atoms with E-state index in [2.05, 4.69) is 31.2 Å². The van der Waals surface area contributed by atoms with E-state index in [0.29, 0.717) is 43.4 Å². The molecule has 0 aliphatic heterocycles. The number of carbonyl (C=O) groups is 4. The maximum atomic E-state index is 14.0. The average molecular weight is 743 g/mol. The molecule has 1 aliphatic rings. The van der Waals surface area contributed by atoms with Gasteiger partial charge in [-0.25, -0.2) is 9.59 Å². The van der Waals surface area contributed by atoms with Crippen LogP contribution in [0.25, 0.3) is 21.8 Å². The van der Waals surface area contributed by atoms with Crippen molar-refractivity contribution in [2.24, 2.45) is 5.92 Å². The minimum atomic E-state index is -0.958. The molecular formula is C41H54N6O7. The molecule has 13 heteroatoms. The van der Waals surface area contributed by atoms with Crippen molar-refractivity contribution < 1.29 is 28.7 Å². The van der Waals surface area contributed by atoms with Gasteiger partial charge in [-0.05, 0) is 88.6 Å². The highest BCUT2D eigenvalue weighted by Crippen LogP contribution is 2.28. The number of para-hydroxylation sites is 1. The summed E-state index contributed by atoms with van der Waals surface area (Å²) in [6, 6.07) is 12.8. The molecule has 54 heavy (non-hydrogen) atoms. The number of aromatic nitrogens is 2. The van der Waals surface area contributed by atoms with Gasteiger partial charge < -0.3 is 40.7 Å². The molecule has 290 valence electrons. The lowest BCUT2D eigenvalue weighted by atomic mass is 9.84. The van der Waals surface area contributed by atoms with Gasteiger partial charge in [0.15, 0.2) is 0 Å². The van der Waals surface area contributed by atoms with Crippen LogP contribution in [0.2, 0.25) is 0 Å². The summed E-state index contributed by atoms with van der Waals surface area (Å²) in [5, 5.41) is 13.3. The minimum Gasteiger partial charge on any atom is -0.449 e. The van der Waals surface area contributed by atoms with Crippen LogP contribution in [0.5, 0.6) is 0 Å². The number of fused-ring (bicyclic) bond motifs is 2. The van der Waals surface area contributed by atoms with Gasteiger partial charge >= 0.3 is 12.2 Å². The summed E-state index contributed by atoms with van der Waals surface area (Å²) in [5.74, 6) is -0.675. The van der Waals surface area contributed by atoms with Crippen LogP contribution in [0, 0.1) is 12.8 Å². The predicted molar refractivity (Wildman–Crippen MR) is 209 cm³/mol. The summed E-state index contributed by atoms with van der Waals surface area (Å²) in [6.07, 6.45) is 8.09. The maximum absolute atomic E-state index is 14.0. The Kier molecular flexibility index (Phi) is 13.7. The molecule has 4 amide bonds. The Morgan fingerprint density at radius 3 is 2.43 bits per heavy atom. The summed E-state index contributed by atoms with van der Waals surface area (Å²) in [5.41, 5.74) is 2.99. The lowest BCUT2D eigenvalue weighted by molar-refractivity contribution is -0.128. The number of aryl methyl sites for hydroxylation is 1. The molecule has 13 nitrogen and oxygen atoms in total. The van der Waals surface area contributed by atoms with Crippen LogP contribution in [0.4, 0.5) is 15.3 Å². The highest BCUT2D eigenvalue weighted by atomic mass is 16.6. The molecule has 0 radical (unpaired) electrons.